The van der Waals surface area contributed by atoms with Crippen LogP contribution in [0.25, 0.3) is 0 Å². The van der Waals surface area contributed by atoms with Crippen molar-refractivity contribution in [3.63, 3.8) is 0 Å². The molecular weight excluding hydrogens is 182 g/mol. The van der Waals surface area contributed by atoms with Crippen LogP contribution in [0.1, 0.15) is 12.7 Å². The van der Waals surface area contributed by atoms with Crippen LogP contribution in [0, 0.1) is 0 Å². The number of carboxylic acids is 1. The minimum absolute atomic E-state index is 0.439. The van der Waals surface area contributed by atoms with Gasteiger partial charge in [0.15, 0.2) is 0 Å². The van der Waals surface area contributed by atoms with Gasteiger partial charge in [0.25, 0.3) is 0 Å². The Kier molecular flexibility index (Phi) is 3.53. The number of hydrogen-bond donors (Lipinski definition) is 1. The lowest BCUT2D eigenvalue weighted by Gasteiger charge is -2.19. The molecule has 1 N–H and O–H groups in total. The molecule has 0 saturated carbocycles. The van der Waals surface area contributed by atoms with E-state index in [1.165, 1.54) is 0 Å². The maximum Gasteiger partial charge on any atom is 0.320 e. The van der Waals surface area contributed by atoms with Crippen molar-refractivity contribution in [2.24, 2.45) is 0 Å². The molecule has 0 aliphatic rings. The standard InChI is InChI=1S/C9H13N3O2/c1-7(9(13)14)12(2)6-8-10-4-3-5-11-8/h3-5,7H,6H2,1-2H3,(H,13,14). The topological polar surface area (TPSA) is 66.3 Å². The lowest BCUT2D eigenvalue weighted by Crippen LogP contribution is -2.35. The van der Waals surface area contributed by atoms with Gasteiger partial charge >= 0.3 is 5.97 Å². The Bertz CT molecular complexity index is 302. The normalized spacial score (nSPS) is 12.8. The Morgan fingerprint density at radius 1 is 1.57 bits per heavy atom. The van der Waals surface area contributed by atoms with Crippen molar-refractivity contribution in [2.75, 3.05) is 7.05 Å². The Morgan fingerprint density at radius 2 is 2.14 bits per heavy atom. The van der Waals surface area contributed by atoms with Crippen molar-refractivity contribution in [2.45, 2.75) is 19.5 Å². The molecule has 5 nitrogen and oxygen atoms in total. The molecule has 0 bridgehead atoms. The first-order valence-electron chi connectivity index (χ1n) is 4.30. The monoisotopic (exact) mass is 195 g/mol. The summed E-state index contributed by atoms with van der Waals surface area (Å²) in [7, 11) is 1.73. The number of likely N-dealkylation sites (N-methyl/N-ethyl adjacent to an activating group) is 1. The van der Waals surface area contributed by atoms with Gasteiger partial charge in [0.1, 0.15) is 11.9 Å². The third kappa shape index (κ3) is 2.77. The number of hydrogen-bond acceptors (Lipinski definition) is 4. The largest absolute Gasteiger partial charge is 0.480 e. The van der Waals surface area contributed by atoms with Gasteiger partial charge in [-0.1, -0.05) is 0 Å². The van der Waals surface area contributed by atoms with E-state index in [0.29, 0.717) is 12.4 Å². The number of nitrogens with zero attached hydrogens (tertiary/aromatic N) is 3. The molecule has 0 aromatic carbocycles. The number of aliphatic carboxylic acids is 1. The molecule has 76 valence electrons. The zero-order chi connectivity index (χ0) is 10.6. The van der Waals surface area contributed by atoms with E-state index < -0.39 is 12.0 Å². The minimum atomic E-state index is -0.844. The summed E-state index contributed by atoms with van der Waals surface area (Å²) in [4.78, 5) is 20.4. The summed E-state index contributed by atoms with van der Waals surface area (Å²) in [6.45, 7) is 2.07. The smallest absolute Gasteiger partial charge is 0.320 e. The molecule has 0 spiro atoms. The Labute approximate surface area is 82.4 Å². The lowest BCUT2D eigenvalue weighted by atomic mass is 10.3. The maximum absolute atomic E-state index is 10.6. The molecule has 1 rings (SSSR count). The van der Waals surface area contributed by atoms with E-state index in [0.717, 1.165) is 0 Å². The molecular formula is C9H13N3O2. The van der Waals surface area contributed by atoms with Crippen LogP contribution < -0.4 is 0 Å². The molecule has 1 aromatic heterocycles. The molecule has 14 heavy (non-hydrogen) atoms. The minimum Gasteiger partial charge on any atom is -0.480 e. The van der Waals surface area contributed by atoms with Crippen LogP contribution in [0.4, 0.5) is 0 Å². The molecule has 1 unspecified atom stereocenters. The summed E-state index contributed by atoms with van der Waals surface area (Å²) < 4.78 is 0. The molecule has 0 aliphatic carbocycles. The van der Waals surface area contributed by atoms with Crippen molar-refractivity contribution in [3.05, 3.63) is 24.3 Å². The van der Waals surface area contributed by atoms with Crippen LogP contribution in [0.15, 0.2) is 18.5 Å². The zero-order valence-corrected chi connectivity index (χ0v) is 8.21. The lowest BCUT2D eigenvalue weighted by molar-refractivity contribution is -0.142. The van der Waals surface area contributed by atoms with Crippen LogP contribution in [0.3, 0.4) is 0 Å². The number of carboxylic acid groups (broad SMARTS) is 1. The summed E-state index contributed by atoms with van der Waals surface area (Å²) >= 11 is 0. The van der Waals surface area contributed by atoms with Gasteiger partial charge in [-0.25, -0.2) is 9.97 Å². The highest BCUT2D eigenvalue weighted by Gasteiger charge is 2.17. The first kappa shape index (κ1) is 10.6. The van der Waals surface area contributed by atoms with E-state index in [1.807, 2.05) is 0 Å². The number of carbonyl (C=O) groups is 1. The Morgan fingerprint density at radius 3 is 2.64 bits per heavy atom. The van der Waals surface area contributed by atoms with Crippen LogP contribution in [0.2, 0.25) is 0 Å². The van der Waals surface area contributed by atoms with Crippen LogP contribution in [-0.2, 0) is 11.3 Å². The number of aromatic nitrogens is 2. The van der Waals surface area contributed by atoms with E-state index in [2.05, 4.69) is 9.97 Å². The molecule has 0 fully saturated rings. The van der Waals surface area contributed by atoms with Crippen molar-refractivity contribution in [1.82, 2.24) is 14.9 Å². The van der Waals surface area contributed by atoms with Crippen LogP contribution in [0.5, 0.6) is 0 Å². The third-order valence-electron chi connectivity index (χ3n) is 2.03. The predicted octanol–water partition coefficient (Wildman–Crippen LogP) is 0.381. The molecule has 0 radical (unpaired) electrons. The second kappa shape index (κ2) is 4.66. The van der Waals surface area contributed by atoms with Crippen molar-refractivity contribution in [1.29, 1.82) is 0 Å². The van der Waals surface area contributed by atoms with E-state index in [4.69, 9.17) is 5.11 Å². The highest BCUT2D eigenvalue weighted by atomic mass is 16.4. The molecule has 1 aromatic rings. The molecule has 1 heterocycles. The van der Waals surface area contributed by atoms with Gasteiger partial charge in [-0.05, 0) is 20.0 Å². The van der Waals surface area contributed by atoms with Crippen molar-refractivity contribution >= 4 is 5.97 Å². The molecule has 0 amide bonds. The average molecular weight is 195 g/mol. The summed E-state index contributed by atoms with van der Waals surface area (Å²) in [5.74, 6) is -0.216. The zero-order valence-electron chi connectivity index (χ0n) is 8.21. The van der Waals surface area contributed by atoms with Gasteiger partial charge in [-0.2, -0.15) is 0 Å². The van der Waals surface area contributed by atoms with Crippen molar-refractivity contribution < 1.29 is 9.90 Å². The van der Waals surface area contributed by atoms with Gasteiger partial charge in [0.05, 0.1) is 6.54 Å². The third-order valence-corrected chi connectivity index (χ3v) is 2.03. The highest BCUT2D eigenvalue weighted by Crippen LogP contribution is 2.00. The van der Waals surface area contributed by atoms with Gasteiger partial charge in [-0.3, -0.25) is 9.69 Å². The molecule has 0 aliphatic heterocycles. The first-order chi connectivity index (χ1) is 6.61. The van der Waals surface area contributed by atoms with Crippen molar-refractivity contribution in [3.8, 4) is 0 Å². The number of rotatable bonds is 4. The summed E-state index contributed by atoms with van der Waals surface area (Å²) in [6, 6.07) is 1.20. The summed E-state index contributed by atoms with van der Waals surface area (Å²) in [5, 5.41) is 8.75. The first-order valence-corrected chi connectivity index (χ1v) is 4.30. The molecule has 0 saturated heterocycles. The van der Waals surface area contributed by atoms with Gasteiger partial charge < -0.3 is 5.11 Å². The van der Waals surface area contributed by atoms with Crippen LogP contribution in [-0.4, -0.2) is 39.0 Å². The molecule has 5 heteroatoms. The fourth-order valence-electron chi connectivity index (χ4n) is 0.960. The highest BCUT2D eigenvalue weighted by molar-refractivity contribution is 5.72. The van der Waals surface area contributed by atoms with Gasteiger partial charge in [0.2, 0.25) is 0 Å². The fourth-order valence-corrected chi connectivity index (χ4v) is 0.960. The fraction of sp³-hybridized carbons (Fsp3) is 0.444. The van der Waals surface area contributed by atoms with Crippen LogP contribution >= 0.6 is 0 Å². The quantitative estimate of drug-likeness (QED) is 0.752. The summed E-state index contributed by atoms with van der Waals surface area (Å²) in [5.41, 5.74) is 0. The van der Waals surface area contributed by atoms with E-state index in [1.54, 1.807) is 37.3 Å². The van der Waals surface area contributed by atoms with Gasteiger partial charge in [0, 0.05) is 12.4 Å². The van der Waals surface area contributed by atoms with E-state index in [-0.39, 0.29) is 0 Å². The molecule has 1 atom stereocenters. The second-order valence-corrected chi connectivity index (χ2v) is 3.09. The second-order valence-electron chi connectivity index (χ2n) is 3.09. The average Bonchev–Trinajstić information content (AvgIpc) is 2.18. The SMILES string of the molecule is CC(C(=O)O)N(C)Cc1ncccn1. The predicted molar refractivity (Wildman–Crippen MR) is 50.6 cm³/mol. The Hall–Kier alpha value is -1.49. The Balaban J connectivity index is 2.57. The van der Waals surface area contributed by atoms with Gasteiger partial charge in [-0.15, -0.1) is 0 Å². The van der Waals surface area contributed by atoms with E-state index in [9.17, 15) is 4.79 Å². The maximum atomic E-state index is 10.6. The summed E-state index contributed by atoms with van der Waals surface area (Å²) in [6.07, 6.45) is 3.28. The van der Waals surface area contributed by atoms with E-state index >= 15 is 0 Å².